The van der Waals surface area contributed by atoms with Gasteiger partial charge in [0.1, 0.15) is 29.1 Å². The molecule has 3 aromatic rings. The summed E-state index contributed by atoms with van der Waals surface area (Å²) in [4.78, 5) is 27.4. The number of amides is 2. The number of carbonyl (C=O) groups is 2. The molecule has 0 saturated carbocycles. The summed E-state index contributed by atoms with van der Waals surface area (Å²) in [5.74, 6) is -2.32. The first kappa shape index (κ1) is 21.9. The Morgan fingerprint density at radius 3 is 2.38 bits per heavy atom. The van der Waals surface area contributed by atoms with Crippen molar-refractivity contribution in [2.75, 3.05) is 13.1 Å². The molecule has 2 amide bonds. The topological polar surface area (TPSA) is 79.6 Å². The first-order chi connectivity index (χ1) is 15.4. The fraction of sp³-hybridized carbons (Fsp3) is 0.391. The van der Waals surface area contributed by atoms with Crippen LogP contribution in [0.1, 0.15) is 48.8 Å². The SMILES string of the molecule is CC(C)C(NC(=O)c1c(F)cccc1F)C(=O)N1CCC(c2nnc3ccccn23)CC1. The van der Waals surface area contributed by atoms with Crippen LogP contribution in [-0.2, 0) is 4.79 Å². The van der Waals surface area contributed by atoms with Crippen molar-refractivity contribution in [3.05, 3.63) is 65.6 Å². The van der Waals surface area contributed by atoms with Crippen molar-refractivity contribution in [2.45, 2.75) is 38.6 Å². The fourth-order valence-corrected chi connectivity index (χ4v) is 4.13. The van der Waals surface area contributed by atoms with Gasteiger partial charge in [-0.15, -0.1) is 10.2 Å². The maximum absolute atomic E-state index is 14.0. The molecule has 32 heavy (non-hydrogen) atoms. The molecule has 0 bridgehead atoms. The van der Waals surface area contributed by atoms with Crippen LogP contribution in [0.5, 0.6) is 0 Å². The maximum Gasteiger partial charge on any atom is 0.257 e. The molecule has 1 saturated heterocycles. The molecule has 2 aromatic heterocycles. The summed E-state index contributed by atoms with van der Waals surface area (Å²) in [5, 5.41) is 11.1. The van der Waals surface area contributed by atoms with Gasteiger partial charge in [0.05, 0.1) is 0 Å². The van der Waals surface area contributed by atoms with E-state index >= 15 is 0 Å². The van der Waals surface area contributed by atoms with Crippen molar-refractivity contribution >= 4 is 17.5 Å². The highest BCUT2D eigenvalue weighted by Crippen LogP contribution is 2.28. The van der Waals surface area contributed by atoms with Gasteiger partial charge >= 0.3 is 0 Å². The molecule has 1 aliphatic heterocycles. The minimum absolute atomic E-state index is 0.163. The summed E-state index contributed by atoms with van der Waals surface area (Å²) < 4.78 is 29.9. The second kappa shape index (κ2) is 9.02. The first-order valence-electron chi connectivity index (χ1n) is 10.7. The summed E-state index contributed by atoms with van der Waals surface area (Å²) in [5.41, 5.74) is 0.104. The van der Waals surface area contributed by atoms with Crippen LogP contribution in [-0.4, -0.2) is 50.4 Å². The number of likely N-dealkylation sites (tertiary alicyclic amines) is 1. The van der Waals surface area contributed by atoms with Gasteiger partial charge in [-0.1, -0.05) is 26.0 Å². The number of fused-ring (bicyclic) bond motifs is 1. The minimum Gasteiger partial charge on any atom is -0.341 e. The summed E-state index contributed by atoms with van der Waals surface area (Å²) in [6.07, 6.45) is 3.35. The Morgan fingerprint density at radius 1 is 1.03 bits per heavy atom. The van der Waals surface area contributed by atoms with E-state index < -0.39 is 29.1 Å². The zero-order valence-corrected chi connectivity index (χ0v) is 18.0. The summed E-state index contributed by atoms with van der Waals surface area (Å²) in [6.45, 7) is 4.57. The lowest BCUT2D eigenvalue weighted by molar-refractivity contribution is -0.135. The second-order valence-electron chi connectivity index (χ2n) is 8.38. The van der Waals surface area contributed by atoms with Gasteiger partial charge in [-0.3, -0.25) is 14.0 Å². The standard InChI is InChI=1S/C23H25F2N5O2/c1-14(2)20(26-22(31)19-16(24)6-5-7-17(19)25)23(32)29-12-9-15(10-13-29)21-28-27-18-8-3-4-11-30(18)21/h3-8,11,14-15,20H,9-10,12-13H2,1-2H3,(H,26,31). The number of pyridine rings is 1. The Morgan fingerprint density at radius 2 is 1.72 bits per heavy atom. The van der Waals surface area contributed by atoms with Crippen LogP contribution in [0.3, 0.4) is 0 Å². The Labute approximate surface area is 184 Å². The van der Waals surface area contributed by atoms with Crippen LogP contribution < -0.4 is 5.32 Å². The normalized spacial score (nSPS) is 15.8. The number of hydrogen-bond acceptors (Lipinski definition) is 4. The maximum atomic E-state index is 14.0. The predicted molar refractivity (Wildman–Crippen MR) is 114 cm³/mol. The van der Waals surface area contributed by atoms with Gasteiger partial charge in [0.25, 0.3) is 5.91 Å². The summed E-state index contributed by atoms with van der Waals surface area (Å²) >= 11 is 0. The molecular weight excluding hydrogens is 416 g/mol. The summed E-state index contributed by atoms with van der Waals surface area (Å²) in [7, 11) is 0. The number of halogens is 2. The van der Waals surface area contributed by atoms with Crippen LogP contribution in [0.25, 0.3) is 5.65 Å². The zero-order chi connectivity index (χ0) is 22.8. The molecule has 1 aromatic carbocycles. The quantitative estimate of drug-likeness (QED) is 0.660. The van der Waals surface area contributed by atoms with Crippen LogP contribution >= 0.6 is 0 Å². The highest BCUT2D eigenvalue weighted by molar-refractivity contribution is 5.98. The van der Waals surface area contributed by atoms with Gasteiger partial charge in [-0.25, -0.2) is 8.78 Å². The van der Waals surface area contributed by atoms with Gasteiger partial charge in [0.2, 0.25) is 5.91 Å². The molecular formula is C23H25F2N5O2. The number of nitrogens with zero attached hydrogens (tertiary/aromatic N) is 4. The van der Waals surface area contributed by atoms with Crippen molar-refractivity contribution in [2.24, 2.45) is 5.92 Å². The molecule has 1 atom stereocenters. The molecule has 0 aliphatic carbocycles. The van der Waals surface area contributed by atoms with Crippen molar-refractivity contribution in [1.29, 1.82) is 0 Å². The molecule has 4 rings (SSSR count). The van der Waals surface area contributed by atoms with Gasteiger partial charge in [0, 0.05) is 25.2 Å². The molecule has 1 fully saturated rings. The highest BCUT2D eigenvalue weighted by Gasteiger charge is 2.33. The smallest absolute Gasteiger partial charge is 0.257 e. The molecule has 0 radical (unpaired) electrons. The van der Waals surface area contributed by atoms with E-state index in [0.717, 1.165) is 23.6 Å². The largest absolute Gasteiger partial charge is 0.341 e. The van der Waals surface area contributed by atoms with E-state index in [0.29, 0.717) is 25.9 Å². The average Bonchev–Trinajstić information content (AvgIpc) is 3.21. The number of aromatic nitrogens is 3. The lowest BCUT2D eigenvalue weighted by atomic mass is 9.94. The van der Waals surface area contributed by atoms with Crippen molar-refractivity contribution in [1.82, 2.24) is 24.8 Å². The fourth-order valence-electron chi connectivity index (χ4n) is 4.13. The molecule has 9 heteroatoms. The van der Waals surface area contributed by atoms with Gasteiger partial charge in [0.15, 0.2) is 5.65 Å². The predicted octanol–water partition coefficient (Wildman–Crippen LogP) is 3.17. The lowest BCUT2D eigenvalue weighted by Crippen LogP contribution is -2.53. The monoisotopic (exact) mass is 441 g/mol. The van der Waals surface area contributed by atoms with E-state index in [1.54, 1.807) is 18.7 Å². The molecule has 3 heterocycles. The van der Waals surface area contributed by atoms with E-state index in [1.165, 1.54) is 6.07 Å². The first-order valence-corrected chi connectivity index (χ1v) is 10.7. The van der Waals surface area contributed by atoms with Crippen molar-refractivity contribution in [3.63, 3.8) is 0 Å². The van der Waals surface area contributed by atoms with Crippen LogP contribution in [0, 0.1) is 17.6 Å². The number of carbonyl (C=O) groups excluding carboxylic acids is 2. The number of rotatable bonds is 5. The van der Waals surface area contributed by atoms with Crippen molar-refractivity contribution < 1.29 is 18.4 Å². The third kappa shape index (κ3) is 4.19. The summed E-state index contributed by atoms with van der Waals surface area (Å²) in [6, 6.07) is 8.06. The van der Waals surface area contributed by atoms with E-state index in [9.17, 15) is 18.4 Å². The zero-order valence-electron chi connectivity index (χ0n) is 18.0. The molecule has 1 N–H and O–H groups in total. The molecule has 0 spiro atoms. The van der Waals surface area contributed by atoms with E-state index in [4.69, 9.17) is 0 Å². The van der Waals surface area contributed by atoms with Gasteiger partial charge in [-0.2, -0.15) is 0 Å². The van der Waals surface area contributed by atoms with Crippen LogP contribution in [0.2, 0.25) is 0 Å². The van der Waals surface area contributed by atoms with E-state index in [2.05, 4.69) is 15.5 Å². The van der Waals surface area contributed by atoms with E-state index in [-0.39, 0.29) is 17.7 Å². The van der Waals surface area contributed by atoms with Crippen molar-refractivity contribution in [3.8, 4) is 0 Å². The number of hydrogen-bond donors (Lipinski definition) is 1. The van der Waals surface area contributed by atoms with Gasteiger partial charge in [-0.05, 0) is 43.0 Å². The molecule has 1 unspecified atom stereocenters. The number of piperidine rings is 1. The minimum atomic E-state index is -0.959. The van der Waals surface area contributed by atoms with Crippen LogP contribution in [0.4, 0.5) is 8.78 Å². The lowest BCUT2D eigenvalue weighted by Gasteiger charge is -2.35. The van der Waals surface area contributed by atoms with Crippen LogP contribution in [0.15, 0.2) is 42.6 Å². The molecule has 168 valence electrons. The van der Waals surface area contributed by atoms with Gasteiger partial charge < -0.3 is 10.2 Å². The second-order valence-corrected chi connectivity index (χ2v) is 8.38. The Hall–Kier alpha value is -3.36. The number of nitrogens with one attached hydrogen (secondary N) is 1. The Balaban J connectivity index is 1.44. The van der Waals surface area contributed by atoms with E-state index in [1.807, 2.05) is 28.8 Å². The third-order valence-corrected chi connectivity index (χ3v) is 5.92. The average molecular weight is 441 g/mol. The highest BCUT2D eigenvalue weighted by atomic mass is 19.1. The molecule has 7 nitrogen and oxygen atoms in total. The Bertz CT molecular complexity index is 1120. The Kier molecular flexibility index (Phi) is 6.16. The third-order valence-electron chi connectivity index (χ3n) is 5.92. The number of benzene rings is 1. The molecule has 1 aliphatic rings.